The number of piperidine rings is 1. The molecule has 37 heavy (non-hydrogen) atoms. The monoisotopic (exact) mass is 539 g/mol. The number of alkyl halides is 3. The number of hydrogen-bond donors (Lipinski definition) is 1. The molecule has 3 aliphatic rings. The molecular formula is C28H30ClF4NO3. The van der Waals surface area contributed by atoms with Gasteiger partial charge in [0.15, 0.2) is 0 Å². The summed E-state index contributed by atoms with van der Waals surface area (Å²) in [5.74, 6) is -0.939. The van der Waals surface area contributed by atoms with E-state index in [9.17, 15) is 27.5 Å². The fourth-order valence-electron chi connectivity index (χ4n) is 5.94. The lowest BCUT2D eigenvalue weighted by Crippen LogP contribution is -2.49. The van der Waals surface area contributed by atoms with Gasteiger partial charge in [0, 0.05) is 25.2 Å². The number of carboxylic acid groups (broad SMARTS) is 1. The van der Waals surface area contributed by atoms with Crippen LogP contribution in [0, 0.1) is 17.7 Å². The Hall–Kier alpha value is -2.32. The Balaban J connectivity index is 1.28. The molecule has 1 unspecified atom stereocenters. The molecule has 1 saturated heterocycles. The van der Waals surface area contributed by atoms with Crippen LogP contribution >= 0.6 is 11.6 Å². The first kappa shape index (κ1) is 26.3. The normalized spacial score (nSPS) is 21.2. The predicted molar refractivity (Wildman–Crippen MR) is 131 cm³/mol. The molecule has 2 aromatic carbocycles. The Bertz CT molecular complexity index is 1190. The molecule has 0 aromatic heterocycles. The van der Waals surface area contributed by atoms with Gasteiger partial charge in [-0.1, -0.05) is 30.7 Å². The van der Waals surface area contributed by atoms with E-state index in [1.165, 1.54) is 0 Å². The minimum atomic E-state index is -4.60. The van der Waals surface area contributed by atoms with Crippen LogP contribution in [0.1, 0.15) is 67.2 Å². The second-order valence-corrected chi connectivity index (χ2v) is 11.3. The molecule has 0 amide bonds. The average molecular weight is 540 g/mol. The van der Waals surface area contributed by atoms with Crippen molar-refractivity contribution < 1.29 is 32.2 Å². The summed E-state index contributed by atoms with van der Waals surface area (Å²) in [4.78, 5) is 13.7. The highest BCUT2D eigenvalue weighted by Crippen LogP contribution is 2.49. The summed E-state index contributed by atoms with van der Waals surface area (Å²) in [5.41, 5.74) is 0.707. The average Bonchev–Trinajstić information content (AvgIpc) is 3.67. The van der Waals surface area contributed by atoms with Crippen LogP contribution < -0.4 is 4.74 Å². The number of benzene rings is 2. The maximum absolute atomic E-state index is 14.5. The maximum Gasteiger partial charge on any atom is 0.416 e. The van der Waals surface area contributed by atoms with Crippen molar-refractivity contribution in [2.75, 3.05) is 13.1 Å². The third-order valence-electron chi connectivity index (χ3n) is 8.30. The van der Waals surface area contributed by atoms with E-state index in [1.807, 2.05) is 17.0 Å². The fourth-order valence-corrected chi connectivity index (χ4v) is 6.18. The van der Waals surface area contributed by atoms with E-state index in [1.54, 1.807) is 6.92 Å². The molecule has 2 fully saturated rings. The molecule has 1 saturated carbocycles. The molecule has 2 atom stereocenters. The number of carboxylic acids is 1. The molecule has 2 aromatic rings. The third-order valence-corrected chi connectivity index (χ3v) is 8.58. The second kappa shape index (κ2) is 9.77. The first-order valence-electron chi connectivity index (χ1n) is 12.8. The Labute approximate surface area is 218 Å². The molecule has 1 N–H and O–H groups in total. The lowest BCUT2D eigenvalue weighted by molar-refractivity contribution is -0.142. The van der Waals surface area contributed by atoms with Crippen LogP contribution in [0.2, 0.25) is 5.02 Å². The Morgan fingerprint density at radius 2 is 1.89 bits per heavy atom. The fraction of sp³-hybridized carbons (Fsp3) is 0.536. The molecular weight excluding hydrogens is 510 g/mol. The summed E-state index contributed by atoms with van der Waals surface area (Å²) in [7, 11) is 0. The van der Waals surface area contributed by atoms with Crippen molar-refractivity contribution in [3.8, 4) is 5.75 Å². The van der Waals surface area contributed by atoms with E-state index in [2.05, 4.69) is 6.07 Å². The highest BCUT2D eigenvalue weighted by molar-refractivity contribution is 6.30. The number of hydrogen-bond acceptors (Lipinski definition) is 3. The van der Waals surface area contributed by atoms with Crippen molar-refractivity contribution in [2.45, 2.75) is 69.7 Å². The van der Waals surface area contributed by atoms with E-state index in [-0.39, 0.29) is 23.6 Å². The lowest BCUT2D eigenvalue weighted by Gasteiger charge is -2.45. The Morgan fingerprint density at radius 3 is 2.51 bits per heavy atom. The summed E-state index contributed by atoms with van der Waals surface area (Å²) in [5, 5.41) is 9.10. The molecule has 0 bridgehead atoms. The van der Waals surface area contributed by atoms with Gasteiger partial charge in [0.05, 0.1) is 16.5 Å². The van der Waals surface area contributed by atoms with Gasteiger partial charge in [-0.15, -0.1) is 0 Å². The first-order chi connectivity index (χ1) is 17.5. The number of nitrogens with zero attached hydrogens (tertiary/aromatic N) is 1. The quantitative estimate of drug-likeness (QED) is 0.399. The lowest BCUT2D eigenvalue weighted by atomic mass is 9.80. The van der Waals surface area contributed by atoms with Crippen molar-refractivity contribution >= 4 is 17.6 Å². The largest absolute Gasteiger partial charge is 0.487 e. The van der Waals surface area contributed by atoms with Gasteiger partial charge in [0.2, 0.25) is 0 Å². The van der Waals surface area contributed by atoms with Crippen LogP contribution in [0.5, 0.6) is 5.75 Å². The van der Waals surface area contributed by atoms with Gasteiger partial charge in [0.1, 0.15) is 17.2 Å². The van der Waals surface area contributed by atoms with Crippen molar-refractivity contribution in [3.63, 3.8) is 0 Å². The molecule has 2 heterocycles. The van der Waals surface area contributed by atoms with E-state index >= 15 is 0 Å². The molecule has 0 radical (unpaired) electrons. The molecule has 9 heteroatoms. The summed E-state index contributed by atoms with van der Waals surface area (Å²) >= 11 is 5.76. The number of fused-ring (bicyclic) bond motifs is 1. The van der Waals surface area contributed by atoms with E-state index < -0.39 is 34.5 Å². The van der Waals surface area contributed by atoms with Gasteiger partial charge < -0.3 is 9.84 Å². The number of aliphatic carboxylic acids is 1. The van der Waals surface area contributed by atoms with E-state index in [0.717, 1.165) is 48.6 Å². The summed E-state index contributed by atoms with van der Waals surface area (Å²) < 4.78 is 60.7. The van der Waals surface area contributed by atoms with Crippen molar-refractivity contribution in [1.29, 1.82) is 0 Å². The van der Waals surface area contributed by atoms with Gasteiger partial charge in [-0.3, -0.25) is 9.69 Å². The number of halogens is 5. The van der Waals surface area contributed by atoms with Gasteiger partial charge in [0.25, 0.3) is 0 Å². The predicted octanol–water partition coefficient (Wildman–Crippen LogP) is 7.07. The zero-order valence-corrected chi connectivity index (χ0v) is 21.3. The van der Waals surface area contributed by atoms with E-state index in [0.29, 0.717) is 37.9 Å². The van der Waals surface area contributed by atoms with Crippen molar-refractivity contribution in [3.05, 3.63) is 63.4 Å². The first-order valence-corrected chi connectivity index (χ1v) is 13.2. The highest BCUT2D eigenvalue weighted by Gasteiger charge is 2.42. The zero-order valence-electron chi connectivity index (χ0n) is 20.6. The van der Waals surface area contributed by atoms with Crippen LogP contribution in [0.15, 0.2) is 30.3 Å². The summed E-state index contributed by atoms with van der Waals surface area (Å²) in [6.45, 7) is 2.93. The number of rotatable bonds is 6. The highest BCUT2D eigenvalue weighted by atomic mass is 35.5. The van der Waals surface area contributed by atoms with Crippen molar-refractivity contribution in [1.82, 2.24) is 4.90 Å². The van der Waals surface area contributed by atoms with Gasteiger partial charge in [-0.25, -0.2) is 4.39 Å². The number of aryl methyl sites for hydroxylation is 1. The number of ether oxygens (including phenoxy) is 1. The Kier molecular flexibility index (Phi) is 6.94. The second-order valence-electron chi connectivity index (χ2n) is 10.8. The minimum Gasteiger partial charge on any atom is -0.487 e. The van der Waals surface area contributed by atoms with Crippen LogP contribution in [-0.4, -0.2) is 34.7 Å². The van der Waals surface area contributed by atoms with Crippen molar-refractivity contribution in [2.24, 2.45) is 11.8 Å². The van der Waals surface area contributed by atoms with Gasteiger partial charge >= 0.3 is 12.1 Å². The van der Waals surface area contributed by atoms with Crippen LogP contribution in [0.4, 0.5) is 17.6 Å². The number of carbonyl (C=O) groups is 1. The maximum atomic E-state index is 14.5. The molecule has 4 nitrogen and oxygen atoms in total. The standard InChI is InChI=1S/C28H30ClF4NO3/c1-16(26(35)36)24(18-3-4-18)19-5-2-17-6-7-27(37-23(17)13-19)8-10-34(11-9-27)15-20-12-21(28(31,32)33)14-22(29)25(20)30/h2,5,12-14,16,18,24H,3-4,6-11,15H2,1H3,(H,35,36)/t16-,24?/m0/s1. The Morgan fingerprint density at radius 1 is 1.19 bits per heavy atom. The van der Waals surface area contributed by atoms with E-state index in [4.69, 9.17) is 16.3 Å². The number of likely N-dealkylation sites (tertiary alicyclic amines) is 1. The van der Waals surface area contributed by atoms with Crippen LogP contribution in [-0.2, 0) is 23.9 Å². The summed E-state index contributed by atoms with van der Waals surface area (Å²) in [6, 6.07) is 7.58. The van der Waals surface area contributed by atoms with Crippen LogP contribution in [0.3, 0.4) is 0 Å². The minimum absolute atomic E-state index is 0.0414. The topological polar surface area (TPSA) is 49.8 Å². The molecule has 2 aliphatic heterocycles. The zero-order chi connectivity index (χ0) is 26.5. The van der Waals surface area contributed by atoms with Gasteiger partial charge in [-0.05, 0) is 79.7 Å². The molecule has 1 spiro atoms. The molecule has 200 valence electrons. The van der Waals surface area contributed by atoms with Gasteiger partial charge in [-0.2, -0.15) is 13.2 Å². The molecule has 1 aliphatic carbocycles. The smallest absolute Gasteiger partial charge is 0.416 e. The molecule has 5 rings (SSSR count). The SMILES string of the molecule is C[C@H](C(=O)O)C(c1ccc2c(c1)OC1(CC2)CCN(Cc2cc(C(F)(F)F)cc(Cl)c2F)CC1)C1CC1. The third kappa shape index (κ3) is 5.46. The summed E-state index contributed by atoms with van der Waals surface area (Å²) in [6.07, 6.45) is 0.492. The van der Waals surface area contributed by atoms with Crippen LogP contribution in [0.25, 0.3) is 0 Å².